The highest BCUT2D eigenvalue weighted by Gasteiger charge is 2.12. The maximum atomic E-state index is 11.7. The number of ether oxygens (including phenoxy) is 1. The van der Waals surface area contributed by atoms with E-state index in [1.54, 1.807) is 30.5 Å². The maximum Gasteiger partial charge on any atom is 0.247 e. The molecule has 1 aliphatic heterocycles. The van der Waals surface area contributed by atoms with Crippen LogP contribution in [0.3, 0.4) is 0 Å². The first-order valence-electron chi connectivity index (χ1n) is 11.2. The van der Waals surface area contributed by atoms with Gasteiger partial charge in [0.2, 0.25) is 11.9 Å². The normalized spacial score (nSPS) is 12.6. The Bertz CT molecular complexity index is 1180. The molecule has 0 saturated carbocycles. The van der Waals surface area contributed by atoms with Gasteiger partial charge in [-0.15, -0.1) is 0 Å². The highest BCUT2D eigenvalue weighted by Crippen LogP contribution is 2.26. The summed E-state index contributed by atoms with van der Waals surface area (Å²) in [6.45, 7) is 10.6. The van der Waals surface area contributed by atoms with Crippen molar-refractivity contribution in [1.82, 2.24) is 9.97 Å². The van der Waals surface area contributed by atoms with Crippen molar-refractivity contribution in [3.63, 3.8) is 0 Å². The summed E-state index contributed by atoms with van der Waals surface area (Å²) in [5.74, 6) is 0.0805. The van der Waals surface area contributed by atoms with E-state index in [9.17, 15) is 10.1 Å². The summed E-state index contributed by atoms with van der Waals surface area (Å²) >= 11 is 0. The van der Waals surface area contributed by atoms with Crippen LogP contribution in [0.2, 0.25) is 0 Å². The molecule has 1 aromatic heterocycles. The second-order valence-electron chi connectivity index (χ2n) is 7.14. The van der Waals surface area contributed by atoms with Crippen molar-refractivity contribution in [2.45, 2.75) is 13.8 Å². The Morgan fingerprint density at radius 1 is 1.15 bits per heavy atom. The van der Waals surface area contributed by atoms with Gasteiger partial charge in [0, 0.05) is 41.9 Å². The number of hydrogen-bond acceptors (Lipinski definition) is 7. The molecule has 0 atom stereocenters. The van der Waals surface area contributed by atoms with Gasteiger partial charge < -0.3 is 20.3 Å². The molecule has 1 saturated heterocycles. The number of aromatic nitrogens is 2. The Hall–Kier alpha value is -4.22. The summed E-state index contributed by atoms with van der Waals surface area (Å²) in [7, 11) is 0. The number of nitrogens with zero attached hydrogens (tertiary/aromatic N) is 4. The fraction of sp³-hybridized carbons (Fsp3) is 0.231. The summed E-state index contributed by atoms with van der Waals surface area (Å²) in [5.41, 5.74) is 4.20. The average Bonchev–Trinajstić information content (AvgIpc) is 2.90. The lowest BCUT2D eigenvalue weighted by atomic mass is 10.1. The fourth-order valence-corrected chi connectivity index (χ4v) is 3.42. The van der Waals surface area contributed by atoms with Crippen LogP contribution in [0.1, 0.15) is 19.4 Å². The van der Waals surface area contributed by atoms with Crippen molar-refractivity contribution in [3.8, 4) is 17.3 Å². The SMILES string of the molecule is C=CC(=O)Nc1cc(C#N)cc(-c2ccnc(Nc3cccc(N4CCOCC4)c3)n2)c1.CC. The third kappa shape index (κ3) is 6.40. The Morgan fingerprint density at radius 2 is 1.94 bits per heavy atom. The minimum Gasteiger partial charge on any atom is -0.378 e. The van der Waals surface area contributed by atoms with Crippen LogP contribution in [0.15, 0.2) is 67.4 Å². The average molecular weight is 457 g/mol. The Morgan fingerprint density at radius 3 is 2.68 bits per heavy atom. The molecule has 2 N–H and O–H groups in total. The minimum absolute atomic E-state index is 0.351. The largest absolute Gasteiger partial charge is 0.378 e. The van der Waals surface area contributed by atoms with Crippen molar-refractivity contribution in [1.29, 1.82) is 5.26 Å². The Kier molecular flexibility index (Phi) is 8.72. The molecule has 1 fully saturated rings. The number of anilines is 4. The first kappa shape index (κ1) is 24.4. The molecule has 4 rings (SSSR count). The van der Waals surface area contributed by atoms with Crippen molar-refractivity contribution in [3.05, 3.63) is 72.9 Å². The lowest BCUT2D eigenvalue weighted by Crippen LogP contribution is -2.36. The number of rotatable bonds is 6. The number of carbonyl (C=O) groups is 1. The first-order valence-corrected chi connectivity index (χ1v) is 11.2. The molecule has 1 aliphatic rings. The highest BCUT2D eigenvalue weighted by atomic mass is 16.5. The van der Waals surface area contributed by atoms with Gasteiger partial charge in [0.1, 0.15) is 0 Å². The van der Waals surface area contributed by atoms with Crippen molar-refractivity contribution in [2.24, 2.45) is 0 Å². The number of nitriles is 1. The maximum absolute atomic E-state index is 11.7. The summed E-state index contributed by atoms with van der Waals surface area (Å²) in [4.78, 5) is 22.9. The van der Waals surface area contributed by atoms with E-state index in [0.717, 1.165) is 37.7 Å². The van der Waals surface area contributed by atoms with Gasteiger partial charge in [0.15, 0.2) is 0 Å². The molecule has 1 amide bonds. The van der Waals surface area contributed by atoms with Crippen LogP contribution < -0.4 is 15.5 Å². The zero-order chi connectivity index (χ0) is 24.3. The van der Waals surface area contributed by atoms with Crippen LogP contribution >= 0.6 is 0 Å². The Balaban J connectivity index is 0.00000158. The molecule has 8 nitrogen and oxygen atoms in total. The van der Waals surface area contributed by atoms with Gasteiger partial charge >= 0.3 is 0 Å². The Labute approximate surface area is 199 Å². The van der Waals surface area contributed by atoms with Crippen LogP contribution in [0.25, 0.3) is 11.3 Å². The van der Waals surface area contributed by atoms with E-state index >= 15 is 0 Å². The van der Waals surface area contributed by atoms with E-state index < -0.39 is 0 Å². The number of hydrogen-bond donors (Lipinski definition) is 2. The molecule has 0 aliphatic carbocycles. The molecule has 2 heterocycles. The van der Waals surface area contributed by atoms with E-state index in [0.29, 0.717) is 28.5 Å². The quantitative estimate of drug-likeness (QED) is 0.516. The van der Waals surface area contributed by atoms with E-state index in [4.69, 9.17) is 4.74 Å². The second kappa shape index (κ2) is 12.1. The predicted molar refractivity (Wildman–Crippen MR) is 135 cm³/mol. The first-order chi connectivity index (χ1) is 16.6. The summed E-state index contributed by atoms with van der Waals surface area (Å²) in [6, 6.07) is 17.0. The van der Waals surface area contributed by atoms with Gasteiger partial charge in [-0.1, -0.05) is 26.5 Å². The van der Waals surface area contributed by atoms with Crippen LogP contribution in [0.4, 0.5) is 23.0 Å². The van der Waals surface area contributed by atoms with E-state index in [1.165, 1.54) is 6.08 Å². The van der Waals surface area contributed by atoms with Gasteiger partial charge in [-0.3, -0.25) is 4.79 Å². The number of nitrogens with one attached hydrogen (secondary N) is 2. The summed E-state index contributed by atoms with van der Waals surface area (Å²) in [5, 5.41) is 15.3. The molecule has 3 aromatic rings. The lowest BCUT2D eigenvalue weighted by Gasteiger charge is -2.29. The fourth-order valence-electron chi connectivity index (χ4n) is 3.42. The zero-order valence-electron chi connectivity index (χ0n) is 19.4. The summed E-state index contributed by atoms with van der Waals surface area (Å²) < 4.78 is 5.43. The predicted octanol–water partition coefficient (Wildman–Crippen LogP) is 4.75. The van der Waals surface area contributed by atoms with Crippen LogP contribution in [-0.2, 0) is 9.53 Å². The van der Waals surface area contributed by atoms with Crippen LogP contribution in [-0.4, -0.2) is 42.2 Å². The van der Waals surface area contributed by atoms with E-state index in [1.807, 2.05) is 26.0 Å². The van der Waals surface area contributed by atoms with Gasteiger partial charge in [0.25, 0.3) is 0 Å². The monoisotopic (exact) mass is 456 g/mol. The number of benzene rings is 2. The smallest absolute Gasteiger partial charge is 0.247 e. The molecule has 0 radical (unpaired) electrons. The van der Waals surface area contributed by atoms with Crippen molar-refractivity contribution >= 4 is 28.9 Å². The minimum atomic E-state index is -0.351. The van der Waals surface area contributed by atoms with E-state index in [2.05, 4.69) is 50.3 Å². The topological polar surface area (TPSA) is 103 Å². The van der Waals surface area contributed by atoms with Gasteiger partial charge in [-0.2, -0.15) is 5.26 Å². The van der Waals surface area contributed by atoms with E-state index in [-0.39, 0.29) is 5.91 Å². The number of morpholine rings is 1. The molecule has 0 spiro atoms. The van der Waals surface area contributed by atoms with Gasteiger partial charge in [-0.25, -0.2) is 9.97 Å². The molecule has 34 heavy (non-hydrogen) atoms. The van der Waals surface area contributed by atoms with Crippen LogP contribution in [0.5, 0.6) is 0 Å². The standard InChI is InChI=1S/C24H22N6O2.C2H6/c1-2-23(31)27-20-13-17(16-25)12-18(14-20)22-6-7-26-24(29-22)28-19-4-3-5-21(15-19)30-8-10-32-11-9-30;1-2/h2-7,12-15H,1,8-11H2,(H,27,31)(H,26,28,29);1-2H3. The van der Waals surface area contributed by atoms with Gasteiger partial charge in [-0.05, 0) is 48.5 Å². The lowest BCUT2D eigenvalue weighted by molar-refractivity contribution is -0.111. The highest BCUT2D eigenvalue weighted by molar-refractivity contribution is 5.99. The molecular formula is C26H28N6O2. The van der Waals surface area contributed by atoms with Gasteiger partial charge in [0.05, 0.1) is 30.5 Å². The molecule has 0 bridgehead atoms. The molecule has 174 valence electrons. The van der Waals surface area contributed by atoms with Crippen molar-refractivity contribution in [2.75, 3.05) is 41.8 Å². The molecule has 8 heteroatoms. The molecule has 0 unspecified atom stereocenters. The number of amides is 1. The molecule has 2 aromatic carbocycles. The second-order valence-corrected chi connectivity index (χ2v) is 7.14. The van der Waals surface area contributed by atoms with Crippen LogP contribution in [0, 0.1) is 11.3 Å². The van der Waals surface area contributed by atoms with Crippen molar-refractivity contribution < 1.29 is 9.53 Å². The third-order valence-corrected chi connectivity index (χ3v) is 4.94. The zero-order valence-corrected chi connectivity index (χ0v) is 19.4. The third-order valence-electron chi connectivity index (χ3n) is 4.94. The number of carbonyl (C=O) groups excluding carboxylic acids is 1. The molecular weight excluding hydrogens is 428 g/mol. The summed E-state index contributed by atoms with van der Waals surface area (Å²) in [6.07, 6.45) is 2.83.